The molecule has 0 amide bonds. The van der Waals surface area contributed by atoms with Crippen LogP contribution in [0.5, 0.6) is 0 Å². The molecule has 0 aliphatic heterocycles. The van der Waals surface area contributed by atoms with Crippen LogP contribution in [0.2, 0.25) is 0 Å². The second-order valence-corrected chi connectivity index (χ2v) is 6.22. The topological polar surface area (TPSA) is 38.0 Å². The van der Waals surface area contributed by atoms with Crippen molar-refractivity contribution in [2.45, 2.75) is 58.5 Å². The van der Waals surface area contributed by atoms with Gasteiger partial charge in [-0.05, 0) is 81.7 Å². The maximum absolute atomic E-state index is 6.56. The van der Waals surface area contributed by atoms with Crippen LogP contribution in [0, 0.1) is 26.7 Å². The highest BCUT2D eigenvalue weighted by atomic mass is 14.9. The molecule has 1 fully saturated rings. The summed E-state index contributed by atoms with van der Waals surface area (Å²) in [5.41, 5.74) is 12.0. The number of hydrogen-bond donors (Lipinski definition) is 2. The van der Waals surface area contributed by atoms with Crippen LogP contribution < -0.4 is 11.1 Å². The molecule has 1 aromatic carbocycles. The Hall–Kier alpha value is -0.860. The average molecular weight is 260 g/mol. The van der Waals surface area contributed by atoms with Gasteiger partial charge in [-0.3, -0.25) is 0 Å². The summed E-state index contributed by atoms with van der Waals surface area (Å²) in [6.07, 6.45) is 5.02. The van der Waals surface area contributed by atoms with Gasteiger partial charge in [-0.2, -0.15) is 0 Å². The molecule has 106 valence electrons. The van der Waals surface area contributed by atoms with Gasteiger partial charge in [0.15, 0.2) is 0 Å². The van der Waals surface area contributed by atoms with Crippen LogP contribution in [-0.2, 0) is 0 Å². The molecule has 1 aromatic rings. The number of rotatable bonds is 3. The fourth-order valence-corrected chi connectivity index (χ4v) is 3.36. The van der Waals surface area contributed by atoms with Gasteiger partial charge in [0.25, 0.3) is 0 Å². The van der Waals surface area contributed by atoms with E-state index in [1.807, 2.05) is 0 Å². The first kappa shape index (κ1) is 14.5. The van der Waals surface area contributed by atoms with E-state index < -0.39 is 0 Å². The molecule has 0 radical (unpaired) electrons. The van der Waals surface area contributed by atoms with Gasteiger partial charge < -0.3 is 11.1 Å². The van der Waals surface area contributed by atoms with Gasteiger partial charge >= 0.3 is 0 Å². The standard InChI is InChI=1S/C17H28N2/c1-11-9-13(3)16(10-12(11)2)17(18)14-5-7-15(19-4)8-6-14/h9-10,14-15,17,19H,5-8,18H2,1-4H3. The van der Waals surface area contributed by atoms with E-state index in [0.717, 1.165) is 0 Å². The third kappa shape index (κ3) is 3.18. The summed E-state index contributed by atoms with van der Waals surface area (Å²) in [7, 11) is 2.07. The number of nitrogens with one attached hydrogen (secondary N) is 1. The third-order valence-corrected chi connectivity index (χ3v) is 4.93. The van der Waals surface area contributed by atoms with E-state index in [0.29, 0.717) is 12.0 Å². The molecule has 19 heavy (non-hydrogen) atoms. The Morgan fingerprint density at radius 1 is 1.00 bits per heavy atom. The summed E-state index contributed by atoms with van der Waals surface area (Å²) in [4.78, 5) is 0. The summed E-state index contributed by atoms with van der Waals surface area (Å²) in [5, 5.41) is 3.39. The lowest BCUT2D eigenvalue weighted by molar-refractivity contribution is 0.266. The molecule has 0 spiro atoms. The van der Waals surface area contributed by atoms with Crippen molar-refractivity contribution in [3.63, 3.8) is 0 Å². The molecule has 3 N–H and O–H groups in total. The average Bonchev–Trinajstić information content (AvgIpc) is 2.42. The highest BCUT2D eigenvalue weighted by Gasteiger charge is 2.26. The SMILES string of the molecule is CNC1CCC(C(N)c2cc(C)c(C)cc2C)CC1. The molecule has 2 nitrogen and oxygen atoms in total. The van der Waals surface area contributed by atoms with Gasteiger partial charge in [-0.15, -0.1) is 0 Å². The number of benzene rings is 1. The second kappa shape index (κ2) is 6.06. The zero-order valence-corrected chi connectivity index (χ0v) is 12.8. The van der Waals surface area contributed by atoms with Gasteiger partial charge in [-0.1, -0.05) is 12.1 Å². The Morgan fingerprint density at radius 2 is 1.58 bits per heavy atom. The molecular weight excluding hydrogens is 232 g/mol. The fraction of sp³-hybridized carbons (Fsp3) is 0.647. The lowest BCUT2D eigenvalue weighted by Gasteiger charge is -2.33. The molecule has 0 aromatic heterocycles. The predicted molar refractivity (Wildman–Crippen MR) is 82.4 cm³/mol. The maximum atomic E-state index is 6.56. The monoisotopic (exact) mass is 260 g/mol. The lowest BCUT2D eigenvalue weighted by atomic mass is 9.78. The van der Waals surface area contributed by atoms with Crippen LogP contribution in [0.15, 0.2) is 12.1 Å². The van der Waals surface area contributed by atoms with Crippen LogP contribution >= 0.6 is 0 Å². The lowest BCUT2D eigenvalue weighted by Crippen LogP contribution is -2.34. The fourth-order valence-electron chi connectivity index (χ4n) is 3.36. The van der Waals surface area contributed by atoms with Crippen molar-refractivity contribution < 1.29 is 0 Å². The van der Waals surface area contributed by atoms with Crippen molar-refractivity contribution in [2.24, 2.45) is 11.7 Å². The Morgan fingerprint density at radius 3 is 2.16 bits per heavy atom. The number of nitrogens with two attached hydrogens (primary N) is 1. The first-order valence-corrected chi connectivity index (χ1v) is 7.53. The molecule has 1 aliphatic rings. The summed E-state index contributed by atoms with van der Waals surface area (Å²) < 4.78 is 0. The van der Waals surface area contributed by atoms with E-state index in [1.165, 1.54) is 47.9 Å². The summed E-state index contributed by atoms with van der Waals surface area (Å²) in [6, 6.07) is 5.49. The minimum atomic E-state index is 0.206. The van der Waals surface area contributed by atoms with Crippen LogP contribution in [-0.4, -0.2) is 13.1 Å². The minimum absolute atomic E-state index is 0.206. The molecule has 1 aliphatic carbocycles. The zero-order chi connectivity index (χ0) is 14.0. The summed E-state index contributed by atoms with van der Waals surface area (Å²) in [5.74, 6) is 0.644. The van der Waals surface area contributed by atoms with Crippen molar-refractivity contribution in [2.75, 3.05) is 7.05 Å². The van der Waals surface area contributed by atoms with Crippen molar-refractivity contribution in [1.29, 1.82) is 0 Å². The molecule has 2 heteroatoms. The number of aryl methyl sites for hydroxylation is 3. The van der Waals surface area contributed by atoms with E-state index in [-0.39, 0.29) is 6.04 Å². The van der Waals surface area contributed by atoms with Crippen molar-refractivity contribution in [1.82, 2.24) is 5.32 Å². The predicted octanol–water partition coefficient (Wildman–Crippen LogP) is 3.39. The molecule has 1 atom stereocenters. The van der Waals surface area contributed by atoms with Gasteiger partial charge in [0, 0.05) is 12.1 Å². The van der Waals surface area contributed by atoms with Crippen LogP contribution in [0.3, 0.4) is 0 Å². The van der Waals surface area contributed by atoms with Gasteiger partial charge in [-0.25, -0.2) is 0 Å². The van der Waals surface area contributed by atoms with Crippen LogP contribution in [0.4, 0.5) is 0 Å². The number of hydrogen-bond acceptors (Lipinski definition) is 2. The summed E-state index contributed by atoms with van der Waals surface area (Å²) in [6.45, 7) is 6.56. The molecule has 1 unspecified atom stereocenters. The van der Waals surface area contributed by atoms with Crippen molar-refractivity contribution in [3.05, 3.63) is 34.4 Å². The Balaban J connectivity index is 2.12. The van der Waals surface area contributed by atoms with E-state index >= 15 is 0 Å². The molecule has 1 saturated carbocycles. The molecule has 0 bridgehead atoms. The largest absolute Gasteiger partial charge is 0.324 e. The van der Waals surface area contributed by atoms with E-state index in [1.54, 1.807) is 0 Å². The Kier molecular flexibility index (Phi) is 4.64. The van der Waals surface area contributed by atoms with Gasteiger partial charge in [0.2, 0.25) is 0 Å². The van der Waals surface area contributed by atoms with E-state index in [4.69, 9.17) is 5.73 Å². The highest BCUT2D eigenvalue weighted by molar-refractivity contribution is 5.38. The highest BCUT2D eigenvalue weighted by Crippen LogP contribution is 2.34. The zero-order valence-electron chi connectivity index (χ0n) is 12.8. The van der Waals surface area contributed by atoms with E-state index in [2.05, 4.69) is 45.3 Å². The molecular formula is C17H28N2. The Labute approximate surface area is 117 Å². The smallest absolute Gasteiger partial charge is 0.0326 e. The van der Waals surface area contributed by atoms with Crippen LogP contribution in [0.1, 0.15) is 54.0 Å². The van der Waals surface area contributed by atoms with Gasteiger partial charge in [0.1, 0.15) is 0 Å². The maximum Gasteiger partial charge on any atom is 0.0326 e. The first-order chi connectivity index (χ1) is 9.02. The van der Waals surface area contributed by atoms with Crippen molar-refractivity contribution >= 4 is 0 Å². The van der Waals surface area contributed by atoms with Gasteiger partial charge in [0.05, 0.1) is 0 Å². The first-order valence-electron chi connectivity index (χ1n) is 7.53. The third-order valence-electron chi connectivity index (χ3n) is 4.93. The summed E-state index contributed by atoms with van der Waals surface area (Å²) >= 11 is 0. The quantitative estimate of drug-likeness (QED) is 0.874. The van der Waals surface area contributed by atoms with Crippen molar-refractivity contribution in [3.8, 4) is 0 Å². The molecule has 0 saturated heterocycles. The van der Waals surface area contributed by atoms with E-state index in [9.17, 15) is 0 Å². The second-order valence-electron chi connectivity index (χ2n) is 6.22. The molecule has 2 rings (SSSR count). The molecule has 0 heterocycles. The Bertz CT molecular complexity index is 431. The normalized spacial score (nSPS) is 25.3. The minimum Gasteiger partial charge on any atom is -0.324 e. The van der Waals surface area contributed by atoms with Crippen LogP contribution in [0.25, 0.3) is 0 Å².